The third-order valence-electron chi connectivity index (χ3n) is 5.14. The highest BCUT2D eigenvalue weighted by atomic mass is 32.2. The van der Waals surface area contributed by atoms with Crippen molar-refractivity contribution >= 4 is 22.1 Å². The average Bonchev–Trinajstić information content (AvgIpc) is 2.77. The molecule has 2 aromatic carbocycles. The number of halogens is 2. The molecule has 0 amide bonds. The number of piperazine rings is 1. The SMILES string of the molecule is CCOC(=O)/C(C)=C/c1cc(F)c(Oc2ccc(S(=O)(=O)N3CCN(C)CC3)cc2)c(F)c1. The van der Waals surface area contributed by atoms with Gasteiger partial charge in [0.05, 0.1) is 11.5 Å². The second kappa shape index (κ2) is 10.4. The van der Waals surface area contributed by atoms with E-state index in [1.165, 1.54) is 41.6 Å². The first kappa shape index (κ1) is 24.8. The van der Waals surface area contributed by atoms with Gasteiger partial charge in [0.2, 0.25) is 10.0 Å². The van der Waals surface area contributed by atoms with E-state index in [1.807, 2.05) is 11.9 Å². The Labute approximate surface area is 192 Å². The number of rotatable bonds is 7. The molecule has 0 bridgehead atoms. The van der Waals surface area contributed by atoms with Crippen LogP contribution in [-0.2, 0) is 19.6 Å². The first-order valence-electron chi connectivity index (χ1n) is 10.4. The van der Waals surface area contributed by atoms with E-state index in [2.05, 4.69) is 0 Å². The third kappa shape index (κ3) is 5.95. The van der Waals surface area contributed by atoms with E-state index < -0.39 is 33.4 Å². The van der Waals surface area contributed by atoms with Crippen LogP contribution in [-0.4, -0.2) is 63.4 Å². The molecule has 33 heavy (non-hydrogen) atoms. The third-order valence-corrected chi connectivity index (χ3v) is 7.06. The molecule has 1 fully saturated rings. The van der Waals surface area contributed by atoms with Gasteiger partial charge < -0.3 is 14.4 Å². The van der Waals surface area contributed by atoms with E-state index in [4.69, 9.17) is 9.47 Å². The maximum Gasteiger partial charge on any atom is 0.333 e. The van der Waals surface area contributed by atoms with Crippen molar-refractivity contribution in [1.29, 1.82) is 0 Å². The lowest BCUT2D eigenvalue weighted by Crippen LogP contribution is -2.46. The number of nitrogens with zero attached hydrogens (tertiary/aromatic N) is 2. The minimum atomic E-state index is -3.66. The van der Waals surface area contributed by atoms with Crippen LogP contribution >= 0.6 is 0 Å². The Balaban J connectivity index is 1.76. The maximum absolute atomic E-state index is 14.5. The van der Waals surface area contributed by atoms with Crippen LogP contribution in [0.25, 0.3) is 6.08 Å². The fraction of sp³-hybridized carbons (Fsp3) is 0.348. The van der Waals surface area contributed by atoms with Gasteiger partial charge in [0.15, 0.2) is 17.4 Å². The monoisotopic (exact) mass is 480 g/mol. The number of ether oxygens (including phenoxy) is 2. The number of carbonyl (C=O) groups is 1. The van der Waals surface area contributed by atoms with Crippen molar-refractivity contribution in [3.63, 3.8) is 0 Å². The molecule has 1 heterocycles. The molecule has 0 radical (unpaired) electrons. The smallest absolute Gasteiger partial charge is 0.333 e. The number of hydrogen-bond donors (Lipinski definition) is 0. The summed E-state index contributed by atoms with van der Waals surface area (Å²) in [6.07, 6.45) is 1.31. The van der Waals surface area contributed by atoms with Crippen molar-refractivity contribution in [3.05, 3.63) is 59.2 Å². The zero-order valence-corrected chi connectivity index (χ0v) is 19.5. The van der Waals surface area contributed by atoms with Gasteiger partial charge in [0.25, 0.3) is 0 Å². The summed E-state index contributed by atoms with van der Waals surface area (Å²) < 4.78 is 66.2. The van der Waals surface area contributed by atoms with Crippen LogP contribution in [0.15, 0.2) is 46.9 Å². The molecule has 0 atom stereocenters. The molecule has 0 saturated carbocycles. The highest BCUT2D eigenvalue weighted by Gasteiger charge is 2.27. The van der Waals surface area contributed by atoms with Crippen molar-refractivity contribution in [1.82, 2.24) is 9.21 Å². The van der Waals surface area contributed by atoms with Crippen LogP contribution in [0.1, 0.15) is 19.4 Å². The second-order valence-electron chi connectivity index (χ2n) is 7.64. The summed E-state index contributed by atoms with van der Waals surface area (Å²) in [7, 11) is -1.73. The lowest BCUT2D eigenvalue weighted by molar-refractivity contribution is -0.138. The number of benzene rings is 2. The normalized spacial score (nSPS) is 16.0. The average molecular weight is 481 g/mol. The van der Waals surface area contributed by atoms with Gasteiger partial charge in [-0.05, 0) is 68.9 Å². The Morgan fingerprint density at radius 3 is 2.18 bits per heavy atom. The molecule has 0 unspecified atom stereocenters. The first-order chi connectivity index (χ1) is 15.6. The molecule has 10 heteroatoms. The second-order valence-corrected chi connectivity index (χ2v) is 9.58. The Morgan fingerprint density at radius 2 is 1.64 bits per heavy atom. The van der Waals surface area contributed by atoms with Crippen molar-refractivity contribution < 1.29 is 31.5 Å². The molecule has 0 N–H and O–H groups in total. The number of sulfonamides is 1. The Bertz CT molecular complexity index is 1120. The van der Waals surface area contributed by atoms with Gasteiger partial charge in [-0.25, -0.2) is 22.0 Å². The molecular weight excluding hydrogens is 454 g/mol. The predicted octanol–water partition coefficient (Wildman–Crippen LogP) is 3.66. The van der Waals surface area contributed by atoms with Crippen LogP contribution < -0.4 is 4.74 Å². The predicted molar refractivity (Wildman–Crippen MR) is 119 cm³/mol. The number of likely N-dealkylation sites (N-methyl/N-ethyl adjacent to an activating group) is 1. The zero-order valence-electron chi connectivity index (χ0n) is 18.7. The minimum Gasteiger partial charge on any atom is -0.463 e. The summed E-state index contributed by atoms with van der Waals surface area (Å²) >= 11 is 0. The van der Waals surface area contributed by atoms with E-state index in [0.717, 1.165) is 12.1 Å². The molecule has 1 saturated heterocycles. The van der Waals surface area contributed by atoms with Crippen molar-refractivity contribution in [2.45, 2.75) is 18.7 Å². The van der Waals surface area contributed by atoms with E-state index in [1.54, 1.807) is 6.92 Å². The highest BCUT2D eigenvalue weighted by molar-refractivity contribution is 7.89. The number of carbonyl (C=O) groups excluding carboxylic acids is 1. The van der Waals surface area contributed by atoms with Gasteiger partial charge in [-0.3, -0.25) is 0 Å². The van der Waals surface area contributed by atoms with Crippen molar-refractivity contribution in [3.8, 4) is 11.5 Å². The summed E-state index contributed by atoms with van der Waals surface area (Å²) in [4.78, 5) is 13.8. The van der Waals surface area contributed by atoms with Gasteiger partial charge in [-0.1, -0.05) is 0 Å². The van der Waals surface area contributed by atoms with Gasteiger partial charge in [0.1, 0.15) is 5.75 Å². The zero-order chi connectivity index (χ0) is 24.2. The molecule has 1 aliphatic rings. The van der Waals surface area contributed by atoms with E-state index in [0.29, 0.717) is 26.2 Å². The van der Waals surface area contributed by atoms with Gasteiger partial charge in [-0.15, -0.1) is 0 Å². The highest BCUT2D eigenvalue weighted by Crippen LogP contribution is 2.30. The maximum atomic E-state index is 14.5. The molecule has 2 aromatic rings. The van der Waals surface area contributed by atoms with Crippen LogP contribution in [0.3, 0.4) is 0 Å². The standard InChI is InChI=1S/C23H26F2N2O5S/c1-4-31-23(28)16(2)13-17-14-20(24)22(21(25)15-17)32-18-5-7-19(8-6-18)33(29,30)27-11-9-26(3)10-12-27/h5-8,13-15H,4,9-12H2,1-3H3/b16-13+. The molecular formula is C23H26F2N2O5S. The number of hydrogen-bond acceptors (Lipinski definition) is 6. The Morgan fingerprint density at radius 1 is 1.06 bits per heavy atom. The summed E-state index contributed by atoms with van der Waals surface area (Å²) in [5, 5.41) is 0. The molecule has 0 aromatic heterocycles. The largest absolute Gasteiger partial charge is 0.463 e. The Kier molecular flexibility index (Phi) is 7.83. The van der Waals surface area contributed by atoms with Gasteiger partial charge in [0, 0.05) is 31.8 Å². The lowest BCUT2D eigenvalue weighted by atomic mass is 10.1. The fourth-order valence-corrected chi connectivity index (χ4v) is 4.71. The summed E-state index contributed by atoms with van der Waals surface area (Å²) in [5.74, 6) is -3.06. The summed E-state index contributed by atoms with van der Waals surface area (Å²) in [6, 6.07) is 7.46. The summed E-state index contributed by atoms with van der Waals surface area (Å²) in [6.45, 7) is 5.40. The summed E-state index contributed by atoms with van der Waals surface area (Å²) in [5.41, 5.74) is 0.331. The molecule has 0 aliphatic carbocycles. The first-order valence-corrected chi connectivity index (χ1v) is 11.9. The topological polar surface area (TPSA) is 76.1 Å². The molecule has 178 valence electrons. The quantitative estimate of drug-likeness (QED) is 0.445. The van der Waals surface area contributed by atoms with Crippen LogP contribution in [0.2, 0.25) is 0 Å². The van der Waals surface area contributed by atoms with E-state index in [9.17, 15) is 22.0 Å². The van der Waals surface area contributed by atoms with E-state index >= 15 is 0 Å². The number of esters is 1. The molecule has 0 spiro atoms. The van der Waals surface area contributed by atoms with Crippen molar-refractivity contribution in [2.24, 2.45) is 0 Å². The van der Waals surface area contributed by atoms with Crippen LogP contribution in [0, 0.1) is 11.6 Å². The van der Waals surface area contributed by atoms with Crippen LogP contribution in [0.5, 0.6) is 11.5 Å². The molecule has 7 nitrogen and oxygen atoms in total. The molecule has 1 aliphatic heterocycles. The van der Waals surface area contributed by atoms with Crippen LogP contribution in [0.4, 0.5) is 8.78 Å². The lowest BCUT2D eigenvalue weighted by Gasteiger charge is -2.31. The van der Waals surface area contributed by atoms with Gasteiger partial charge >= 0.3 is 5.97 Å². The minimum absolute atomic E-state index is 0.0790. The molecule has 3 rings (SSSR count). The Hall–Kier alpha value is -2.82. The van der Waals surface area contributed by atoms with Gasteiger partial charge in [-0.2, -0.15) is 4.31 Å². The van der Waals surface area contributed by atoms with Crippen molar-refractivity contribution in [2.75, 3.05) is 39.8 Å². The van der Waals surface area contributed by atoms with E-state index in [-0.39, 0.29) is 28.4 Å². The fourth-order valence-electron chi connectivity index (χ4n) is 3.29.